The van der Waals surface area contributed by atoms with Crippen molar-refractivity contribution in [1.82, 2.24) is 19.7 Å². The zero-order chi connectivity index (χ0) is 17.4. The van der Waals surface area contributed by atoms with Crippen LogP contribution in [0, 0.1) is 5.82 Å². The van der Waals surface area contributed by atoms with E-state index < -0.39 is 0 Å². The molecule has 3 heterocycles. The lowest BCUT2D eigenvalue weighted by molar-refractivity contribution is 0.101. The minimum Gasteiger partial charge on any atom is -0.330 e. The van der Waals surface area contributed by atoms with Gasteiger partial charge in [0, 0.05) is 31.4 Å². The molecule has 1 aliphatic heterocycles. The maximum Gasteiger partial charge on any atom is 0.226 e. The second kappa shape index (κ2) is 6.08. The Balaban J connectivity index is 1.49. The molecule has 0 saturated carbocycles. The van der Waals surface area contributed by atoms with Crippen LogP contribution in [0.4, 0.5) is 10.3 Å². The molecule has 0 aliphatic carbocycles. The van der Waals surface area contributed by atoms with Crippen LogP contribution in [0.3, 0.4) is 0 Å². The fourth-order valence-electron chi connectivity index (χ4n) is 2.91. The third kappa shape index (κ3) is 3.13. The molecule has 4 rings (SSSR count). The van der Waals surface area contributed by atoms with Crippen LogP contribution < -0.4 is 4.90 Å². The Morgan fingerprint density at radius 3 is 2.72 bits per heavy atom. The van der Waals surface area contributed by atoms with Crippen molar-refractivity contribution in [3.8, 4) is 0 Å². The predicted molar refractivity (Wildman–Crippen MR) is 89.7 cm³/mol. The fourth-order valence-corrected chi connectivity index (χ4v) is 2.91. The monoisotopic (exact) mass is 337 g/mol. The van der Waals surface area contributed by atoms with E-state index in [1.165, 1.54) is 19.1 Å². The molecule has 2 aromatic heterocycles. The lowest BCUT2D eigenvalue weighted by Crippen LogP contribution is -2.19. The second-order valence-electron chi connectivity index (χ2n) is 6.08. The van der Waals surface area contributed by atoms with Crippen LogP contribution in [-0.2, 0) is 19.6 Å². The van der Waals surface area contributed by atoms with Crippen LogP contribution >= 0.6 is 0 Å². The number of carbonyl (C=O) groups excluding carboxylic acids is 1. The van der Waals surface area contributed by atoms with E-state index in [4.69, 9.17) is 0 Å². The molecule has 0 bridgehead atoms. The Kier molecular flexibility index (Phi) is 3.76. The number of ketones is 1. The van der Waals surface area contributed by atoms with Gasteiger partial charge in [0.2, 0.25) is 5.95 Å². The predicted octanol–water partition coefficient (Wildman–Crippen LogP) is 2.58. The molecule has 6 nitrogen and oxygen atoms in total. The van der Waals surface area contributed by atoms with E-state index in [0.29, 0.717) is 31.3 Å². The molecule has 0 spiro atoms. The third-order valence-corrected chi connectivity index (χ3v) is 4.17. The number of aromatic nitrogens is 4. The number of fused-ring (bicyclic) bond motifs is 1. The van der Waals surface area contributed by atoms with Crippen LogP contribution in [0.5, 0.6) is 0 Å². The molecule has 0 N–H and O–H groups in total. The first-order valence-corrected chi connectivity index (χ1v) is 7.97. The molecule has 0 unspecified atom stereocenters. The van der Waals surface area contributed by atoms with E-state index in [2.05, 4.69) is 15.1 Å². The highest BCUT2D eigenvalue weighted by atomic mass is 19.1. The van der Waals surface area contributed by atoms with E-state index in [-0.39, 0.29) is 11.6 Å². The second-order valence-corrected chi connectivity index (χ2v) is 6.08. The zero-order valence-electron chi connectivity index (χ0n) is 13.7. The molecule has 0 fully saturated rings. The molecule has 0 saturated heterocycles. The molecule has 25 heavy (non-hydrogen) atoms. The molecule has 3 aromatic rings. The number of anilines is 1. The summed E-state index contributed by atoms with van der Waals surface area (Å²) in [5, 5.41) is 4.60. The highest BCUT2D eigenvalue weighted by molar-refractivity contribution is 5.92. The van der Waals surface area contributed by atoms with Crippen molar-refractivity contribution in [2.24, 2.45) is 0 Å². The molecule has 1 aliphatic rings. The van der Waals surface area contributed by atoms with Gasteiger partial charge in [-0.2, -0.15) is 5.10 Å². The quantitative estimate of drug-likeness (QED) is 0.685. The van der Waals surface area contributed by atoms with Crippen LogP contribution in [0.2, 0.25) is 0 Å². The summed E-state index contributed by atoms with van der Waals surface area (Å²) in [5.41, 5.74) is 3.49. The Morgan fingerprint density at radius 1 is 1.20 bits per heavy atom. The summed E-state index contributed by atoms with van der Waals surface area (Å²) in [7, 11) is 0. The molecule has 0 atom stereocenters. The van der Waals surface area contributed by atoms with E-state index >= 15 is 0 Å². The van der Waals surface area contributed by atoms with Gasteiger partial charge < -0.3 is 4.90 Å². The standard InChI is InChI=1S/C18H16FN5O/c1-12(25)16-6-7-20-18(21-16)23-9-14-10-24(22-17(14)11-23)8-13-2-4-15(19)5-3-13/h2-7,10H,8-9,11H2,1H3. The summed E-state index contributed by atoms with van der Waals surface area (Å²) < 4.78 is 14.8. The van der Waals surface area contributed by atoms with Crippen LogP contribution in [0.25, 0.3) is 0 Å². The Labute approximate surface area is 143 Å². The first kappa shape index (κ1) is 15.4. The molecular weight excluding hydrogens is 321 g/mol. The molecule has 126 valence electrons. The van der Waals surface area contributed by atoms with E-state index in [9.17, 15) is 9.18 Å². The Morgan fingerprint density at radius 2 is 2.00 bits per heavy atom. The first-order valence-electron chi connectivity index (χ1n) is 7.97. The summed E-state index contributed by atoms with van der Waals surface area (Å²) in [5.74, 6) is 0.219. The Hall–Kier alpha value is -3.09. The van der Waals surface area contributed by atoms with Gasteiger partial charge in [-0.3, -0.25) is 9.48 Å². The summed E-state index contributed by atoms with van der Waals surface area (Å²) >= 11 is 0. The van der Waals surface area contributed by atoms with Crippen molar-refractivity contribution >= 4 is 11.7 Å². The summed E-state index contributed by atoms with van der Waals surface area (Å²) in [6.07, 6.45) is 3.59. The number of carbonyl (C=O) groups is 1. The maximum absolute atomic E-state index is 13.0. The highest BCUT2D eigenvalue weighted by Crippen LogP contribution is 2.25. The number of rotatable bonds is 4. The first-order chi connectivity index (χ1) is 12.1. The number of hydrogen-bond donors (Lipinski definition) is 0. The average Bonchev–Trinajstić information content (AvgIpc) is 3.15. The van der Waals surface area contributed by atoms with Crippen molar-refractivity contribution in [2.45, 2.75) is 26.6 Å². The highest BCUT2D eigenvalue weighted by Gasteiger charge is 2.25. The van der Waals surface area contributed by atoms with Crippen molar-refractivity contribution < 1.29 is 9.18 Å². The molecule has 0 radical (unpaired) electrons. The summed E-state index contributed by atoms with van der Waals surface area (Å²) in [4.78, 5) is 22.0. The summed E-state index contributed by atoms with van der Waals surface area (Å²) in [6.45, 7) is 3.35. The lowest BCUT2D eigenvalue weighted by atomic mass is 10.2. The fraction of sp³-hybridized carbons (Fsp3) is 0.222. The SMILES string of the molecule is CC(=O)c1ccnc(N2Cc3cn(Cc4ccc(F)cc4)nc3C2)n1. The van der Waals surface area contributed by atoms with Crippen molar-refractivity contribution in [2.75, 3.05) is 4.90 Å². The lowest BCUT2D eigenvalue weighted by Gasteiger charge is -2.15. The van der Waals surface area contributed by atoms with Gasteiger partial charge in [-0.1, -0.05) is 12.1 Å². The largest absolute Gasteiger partial charge is 0.330 e. The number of halogens is 1. The topological polar surface area (TPSA) is 63.9 Å². The van der Waals surface area contributed by atoms with Gasteiger partial charge in [0.1, 0.15) is 11.5 Å². The van der Waals surface area contributed by atoms with Gasteiger partial charge >= 0.3 is 0 Å². The summed E-state index contributed by atoms with van der Waals surface area (Å²) in [6, 6.07) is 8.04. The van der Waals surface area contributed by atoms with Crippen LogP contribution in [-0.4, -0.2) is 25.5 Å². The Bertz CT molecular complexity index is 911. The molecule has 1 aromatic carbocycles. The van der Waals surface area contributed by atoms with E-state index in [1.807, 2.05) is 15.8 Å². The van der Waals surface area contributed by atoms with Crippen LogP contribution in [0.1, 0.15) is 34.2 Å². The normalized spacial score (nSPS) is 13.1. The van der Waals surface area contributed by atoms with Gasteiger partial charge in [0.05, 0.1) is 18.8 Å². The van der Waals surface area contributed by atoms with Crippen LogP contribution in [0.15, 0.2) is 42.7 Å². The van der Waals surface area contributed by atoms with Crippen molar-refractivity contribution in [1.29, 1.82) is 0 Å². The van der Waals surface area contributed by atoms with Gasteiger partial charge in [-0.05, 0) is 23.8 Å². The average molecular weight is 337 g/mol. The minimum absolute atomic E-state index is 0.0786. The van der Waals surface area contributed by atoms with Gasteiger partial charge in [0.25, 0.3) is 0 Å². The van der Waals surface area contributed by atoms with Crippen molar-refractivity contribution in [3.63, 3.8) is 0 Å². The molecular formula is C18H16FN5O. The van der Waals surface area contributed by atoms with Gasteiger partial charge in [-0.15, -0.1) is 0 Å². The minimum atomic E-state index is -0.241. The number of hydrogen-bond acceptors (Lipinski definition) is 5. The number of nitrogens with zero attached hydrogens (tertiary/aromatic N) is 5. The molecule has 7 heteroatoms. The number of benzene rings is 1. The van der Waals surface area contributed by atoms with Crippen molar-refractivity contribution in [3.05, 3.63) is 71.1 Å². The zero-order valence-corrected chi connectivity index (χ0v) is 13.7. The maximum atomic E-state index is 13.0. The van der Waals surface area contributed by atoms with Gasteiger partial charge in [0.15, 0.2) is 5.78 Å². The van der Waals surface area contributed by atoms with E-state index in [1.54, 1.807) is 24.4 Å². The van der Waals surface area contributed by atoms with E-state index in [0.717, 1.165) is 16.8 Å². The smallest absolute Gasteiger partial charge is 0.226 e. The third-order valence-electron chi connectivity index (χ3n) is 4.17. The van der Waals surface area contributed by atoms with Gasteiger partial charge in [-0.25, -0.2) is 14.4 Å². The molecule has 0 amide bonds. The number of Topliss-reactive ketones (excluding diaryl/α,β-unsaturated/α-hetero) is 1.